The Bertz CT molecular complexity index is 709. The second-order valence-electron chi connectivity index (χ2n) is 4.50. The molecule has 0 saturated carbocycles. The minimum Gasteiger partial charge on any atom is -0.478 e. The molecular formula is C15H14BrNO3S. The van der Waals surface area contributed by atoms with Crippen LogP contribution in [0, 0.1) is 6.92 Å². The van der Waals surface area contributed by atoms with Crippen molar-refractivity contribution in [3.8, 4) is 0 Å². The van der Waals surface area contributed by atoms with E-state index in [0.717, 1.165) is 16.9 Å². The summed E-state index contributed by atoms with van der Waals surface area (Å²) in [6.07, 6.45) is 0.886. The van der Waals surface area contributed by atoms with Crippen molar-refractivity contribution in [2.45, 2.75) is 20.3 Å². The first-order chi connectivity index (χ1) is 9.92. The topological polar surface area (TPSA) is 66.4 Å². The summed E-state index contributed by atoms with van der Waals surface area (Å²) in [7, 11) is 0. The van der Waals surface area contributed by atoms with E-state index in [1.54, 1.807) is 12.1 Å². The lowest BCUT2D eigenvalue weighted by atomic mass is 10.2. The Morgan fingerprint density at radius 1 is 1.33 bits per heavy atom. The molecule has 2 aromatic rings. The van der Waals surface area contributed by atoms with Crippen molar-refractivity contribution >= 4 is 44.8 Å². The third-order valence-corrected chi connectivity index (χ3v) is 4.86. The maximum Gasteiger partial charge on any atom is 0.336 e. The molecule has 4 nitrogen and oxygen atoms in total. The molecule has 0 radical (unpaired) electrons. The van der Waals surface area contributed by atoms with Crippen LogP contribution in [-0.4, -0.2) is 17.0 Å². The molecule has 0 aliphatic heterocycles. The number of aromatic carboxylic acids is 1. The first-order valence-corrected chi connectivity index (χ1v) is 7.96. The number of amides is 1. The Balaban J connectivity index is 2.23. The summed E-state index contributed by atoms with van der Waals surface area (Å²) in [6.45, 7) is 4.03. The van der Waals surface area contributed by atoms with Crippen molar-refractivity contribution in [3.63, 3.8) is 0 Å². The lowest BCUT2D eigenvalue weighted by Crippen LogP contribution is -2.11. The SMILES string of the molecule is CCc1cc(C(=O)Nc2ccc(Br)c(C(=O)O)c2)sc1C. The number of carbonyl (C=O) groups is 2. The molecule has 0 spiro atoms. The van der Waals surface area contributed by atoms with Gasteiger partial charge in [-0.25, -0.2) is 4.79 Å². The number of nitrogens with one attached hydrogen (secondary N) is 1. The number of benzene rings is 1. The highest BCUT2D eigenvalue weighted by Gasteiger charge is 2.14. The molecule has 0 fully saturated rings. The maximum atomic E-state index is 12.2. The van der Waals surface area contributed by atoms with Crippen molar-refractivity contribution in [3.05, 3.63) is 49.6 Å². The molecule has 0 bridgehead atoms. The molecule has 0 aliphatic rings. The second kappa shape index (κ2) is 6.41. The van der Waals surface area contributed by atoms with Crippen LogP contribution in [0.3, 0.4) is 0 Å². The van der Waals surface area contributed by atoms with E-state index in [-0.39, 0.29) is 11.5 Å². The highest BCUT2D eigenvalue weighted by Crippen LogP contribution is 2.25. The summed E-state index contributed by atoms with van der Waals surface area (Å²) >= 11 is 4.62. The molecule has 1 amide bonds. The molecule has 1 heterocycles. The third-order valence-electron chi connectivity index (χ3n) is 3.08. The van der Waals surface area contributed by atoms with Gasteiger partial charge in [-0.15, -0.1) is 11.3 Å². The Labute approximate surface area is 134 Å². The Hall–Kier alpha value is -1.66. The van der Waals surface area contributed by atoms with Crippen LogP contribution in [0.25, 0.3) is 0 Å². The van der Waals surface area contributed by atoms with Crippen molar-refractivity contribution in [1.29, 1.82) is 0 Å². The van der Waals surface area contributed by atoms with Crippen LogP contribution in [0.1, 0.15) is 37.4 Å². The van der Waals surface area contributed by atoms with Crippen LogP contribution < -0.4 is 5.32 Å². The largest absolute Gasteiger partial charge is 0.478 e. The number of rotatable bonds is 4. The van der Waals surface area contributed by atoms with Gasteiger partial charge in [0.1, 0.15) is 0 Å². The standard InChI is InChI=1S/C15H14BrNO3S/c1-3-9-6-13(21-8(9)2)14(18)17-10-4-5-12(16)11(7-10)15(19)20/h4-7H,3H2,1-2H3,(H,17,18)(H,19,20). The Kier molecular flexibility index (Phi) is 4.80. The number of aryl methyl sites for hydroxylation is 2. The van der Waals surface area contributed by atoms with Gasteiger partial charge in [0.05, 0.1) is 10.4 Å². The van der Waals surface area contributed by atoms with Gasteiger partial charge in [0, 0.05) is 15.0 Å². The van der Waals surface area contributed by atoms with E-state index in [1.165, 1.54) is 17.4 Å². The molecule has 1 aromatic heterocycles. The zero-order valence-electron chi connectivity index (χ0n) is 11.6. The fraction of sp³-hybridized carbons (Fsp3) is 0.200. The van der Waals surface area contributed by atoms with E-state index in [0.29, 0.717) is 15.0 Å². The van der Waals surface area contributed by atoms with Gasteiger partial charge in [-0.1, -0.05) is 6.92 Å². The van der Waals surface area contributed by atoms with Gasteiger partial charge in [0.25, 0.3) is 5.91 Å². The van der Waals surface area contributed by atoms with E-state index in [9.17, 15) is 9.59 Å². The quantitative estimate of drug-likeness (QED) is 0.844. The van der Waals surface area contributed by atoms with Gasteiger partial charge in [-0.2, -0.15) is 0 Å². The van der Waals surface area contributed by atoms with Gasteiger partial charge < -0.3 is 10.4 Å². The fourth-order valence-corrected chi connectivity index (χ4v) is 3.37. The summed E-state index contributed by atoms with van der Waals surface area (Å²) < 4.78 is 0.480. The van der Waals surface area contributed by atoms with Crippen molar-refractivity contribution in [1.82, 2.24) is 0 Å². The summed E-state index contributed by atoms with van der Waals surface area (Å²) in [5.41, 5.74) is 1.74. The highest BCUT2D eigenvalue weighted by molar-refractivity contribution is 9.10. The number of carbonyl (C=O) groups excluding carboxylic acids is 1. The molecule has 0 aliphatic carbocycles. The minimum atomic E-state index is -1.04. The van der Waals surface area contributed by atoms with Gasteiger partial charge in [-0.3, -0.25) is 4.79 Å². The average molecular weight is 368 g/mol. The predicted molar refractivity (Wildman–Crippen MR) is 87.5 cm³/mol. The average Bonchev–Trinajstić information content (AvgIpc) is 2.82. The molecule has 110 valence electrons. The highest BCUT2D eigenvalue weighted by atomic mass is 79.9. The second-order valence-corrected chi connectivity index (χ2v) is 6.61. The summed E-state index contributed by atoms with van der Waals surface area (Å²) in [5, 5.41) is 11.8. The number of carboxylic acids is 1. The number of anilines is 1. The fourth-order valence-electron chi connectivity index (χ4n) is 1.94. The molecule has 0 saturated heterocycles. The number of hydrogen-bond donors (Lipinski definition) is 2. The van der Waals surface area contributed by atoms with Gasteiger partial charge in [-0.05, 0) is 59.1 Å². The van der Waals surface area contributed by atoms with Crippen molar-refractivity contribution in [2.75, 3.05) is 5.32 Å². The predicted octanol–water partition coefficient (Wildman–Crippen LogP) is 4.33. The van der Waals surface area contributed by atoms with Crippen molar-refractivity contribution < 1.29 is 14.7 Å². The molecule has 0 unspecified atom stereocenters. The van der Waals surface area contributed by atoms with Crippen LogP contribution in [0.4, 0.5) is 5.69 Å². The van der Waals surface area contributed by atoms with E-state index in [1.807, 2.05) is 19.9 Å². The van der Waals surface area contributed by atoms with E-state index in [4.69, 9.17) is 5.11 Å². The molecule has 0 atom stereocenters. The Morgan fingerprint density at radius 3 is 2.62 bits per heavy atom. The third kappa shape index (κ3) is 3.51. The zero-order chi connectivity index (χ0) is 15.6. The summed E-state index contributed by atoms with van der Waals surface area (Å²) in [6, 6.07) is 6.59. The van der Waals surface area contributed by atoms with Gasteiger partial charge >= 0.3 is 5.97 Å². The normalized spacial score (nSPS) is 10.4. The van der Waals surface area contributed by atoms with Gasteiger partial charge in [0.2, 0.25) is 0 Å². The number of hydrogen-bond acceptors (Lipinski definition) is 3. The van der Waals surface area contributed by atoms with E-state index < -0.39 is 5.97 Å². The van der Waals surface area contributed by atoms with E-state index in [2.05, 4.69) is 21.2 Å². The van der Waals surface area contributed by atoms with Crippen LogP contribution in [0.2, 0.25) is 0 Å². The van der Waals surface area contributed by atoms with E-state index >= 15 is 0 Å². The number of carboxylic acid groups (broad SMARTS) is 1. The molecule has 2 rings (SSSR count). The number of halogens is 1. The molecule has 2 N–H and O–H groups in total. The van der Waals surface area contributed by atoms with Crippen LogP contribution in [0.5, 0.6) is 0 Å². The minimum absolute atomic E-state index is 0.115. The lowest BCUT2D eigenvalue weighted by molar-refractivity contribution is 0.0695. The monoisotopic (exact) mass is 367 g/mol. The summed E-state index contributed by atoms with van der Waals surface area (Å²) in [4.78, 5) is 25.0. The lowest BCUT2D eigenvalue weighted by Gasteiger charge is -2.06. The zero-order valence-corrected chi connectivity index (χ0v) is 14.0. The molecule has 6 heteroatoms. The van der Waals surface area contributed by atoms with Crippen LogP contribution in [0.15, 0.2) is 28.7 Å². The smallest absolute Gasteiger partial charge is 0.336 e. The first kappa shape index (κ1) is 15.7. The number of thiophene rings is 1. The van der Waals surface area contributed by atoms with Crippen LogP contribution in [-0.2, 0) is 6.42 Å². The molecule has 21 heavy (non-hydrogen) atoms. The van der Waals surface area contributed by atoms with Gasteiger partial charge in [0.15, 0.2) is 0 Å². The van der Waals surface area contributed by atoms with Crippen molar-refractivity contribution in [2.24, 2.45) is 0 Å². The summed E-state index contributed by atoms with van der Waals surface area (Å²) in [5.74, 6) is -1.26. The Morgan fingerprint density at radius 2 is 2.05 bits per heavy atom. The van der Waals surface area contributed by atoms with Crippen LogP contribution >= 0.6 is 27.3 Å². The maximum absolute atomic E-state index is 12.2. The molecule has 1 aromatic carbocycles. The first-order valence-electron chi connectivity index (χ1n) is 6.36. The molecular weight excluding hydrogens is 354 g/mol.